The van der Waals surface area contributed by atoms with E-state index >= 15 is 0 Å². The SMILES string of the molecule is CCCCn1c(=O)c(CCC(=O)OC(C)C(=O)NC2CC2)nc2ccccc21. The van der Waals surface area contributed by atoms with Gasteiger partial charge in [-0.2, -0.15) is 0 Å². The normalized spacial score (nSPS) is 14.6. The second kappa shape index (κ2) is 8.99. The van der Waals surface area contributed by atoms with E-state index in [-0.39, 0.29) is 30.3 Å². The van der Waals surface area contributed by atoms with Gasteiger partial charge in [-0.05, 0) is 38.3 Å². The zero-order valence-corrected chi connectivity index (χ0v) is 16.4. The average Bonchev–Trinajstić information content (AvgIpc) is 3.49. The summed E-state index contributed by atoms with van der Waals surface area (Å²) in [6, 6.07) is 7.73. The largest absolute Gasteiger partial charge is 0.453 e. The topological polar surface area (TPSA) is 90.3 Å². The number of unbranched alkanes of at least 4 members (excludes halogenated alkanes) is 1. The lowest BCUT2D eigenvalue weighted by molar-refractivity contribution is -0.154. The number of hydrogen-bond donors (Lipinski definition) is 1. The number of aromatic nitrogens is 2. The van der Waals surface area contributed by atoms with Gasteiger partial charge in [-0.3, -0.25) is 14.4 Å². The molecule has 1 saturated carbocycles. The molecule has 0 aliphatic heterocycles. The number of esters is 1. The van der Waals surface area contributed by atoms with E-state index in [1.807, 2.05) is 24.3 Å². The molecular formula is C21H27N3O4. The van der Waals surface area contributed by atoms with Crippen molar-refractivity contribution in [3.63, 3.8) is 0 Å². The Morgan fingerprint density at radius 3 is 2.79 bits per heavy atom. The summed E-state index contributed by atoms with van der Waals surface area (Å²) in [6.45, 7) is 4.25. The Labute approximate surface area is 164 Å². The number of carbonyl (C=O) groups excluding carboxylic acids is 2. The third kappa shape index (κ3) is 4.97. The molecule has 0 radical (unpaired) electrons. The van der Waals surface area contributed by atoms with Crippen LogP contribution >= 0.6 is 0 Å². The van der Waals surface area contributed by atoms with Gasteiger partial charge in [0.15, 0.2) is 6.10 Å². The number of fused-ring (bicyclic) bond motifs is 1. The van der Waals surface area contributed by atoms with Crippen molar-refractivity contribution in [2.75, 3.05) is 0 Å². The zero-order valence-electron chi connectivity index (χ0n) is 16.4. The van der Waals surface area contributed by atoms with Crippen LogP contribution in [0, 0.1) is 0 Å². The van der Waals surface area contributed by atoms with Crippen LogP contribution in [0.2, 0.25) is 0 Å². The summed E-state index contributed by atoms with van der Waals surface area (Å²) >= 11 is 0. The van der Waals surface area contributed by atoms with Crippen molar-refractivity contribution in [1.82, 2.24) is 14.9 Å². The fourth-order valence-corrected chi connectivity index (χ4v) is 3.02. The third-order valence-electron chi connectivity index (χ3n) is 4.82. The third-order valence-corrected chi connectivity index (χ3v) is 4.82. The summed E-state index contributed by atoms with van der Waals surface area (Å²) in [6.07, 6.45) is 3.18. The molecule has 7 nitrogen and oxygen atoms in total. The number of nitrogens with one attached hydrogen (secondary N) is 1. The number of aryl methyl sites for hydroxylation is 2. The summed E-state index contributed by atoms with van der Waals surface area (Å²) in [5.41, 5.74) is 1.72. The van der Waals surface area contributed by atoms with Gasteiger partial charge in [0.25, 0.3) is 11.5 Å². The van der Waals surface area contributed by atoms with Gasteiger partial charge in [0.1, 0.15) is 5.69 Å². The molecule has 1 N–H and O–H groups in total. The van der Waals surface area contributed by atoms with Crippen molar-refractivity contribution in [1.29, 1.82) is 0 Å². The molecule has 1 amide bonds. The van der Waals surface area contributed by atoms with Crippen molar-refractivity contribution in [3.05, 3.63) is 40.3 Å². The van der Waals surface area contributed by atoms with Crippen molar-refractivity contribution in [3.8, 4) is 0 Å². The van der Waals surface area contributed by atoms with E-state index in [0.717, 1.165) is 36.7 Å². The average molecular weight is 385 g/mol. The number of amides is 1. The number of para-hydroxylation sites is 2. The van der Waals surface area contributed by atoms with E-state index in [1.54, 1.807) is 11.5 Å². The highest BCUT2D eigenvalue weighted by atomic mass is 16.5. The Morgan fingerprint density at radius 1 is 1.32 bits per heavy atom. The van der Waals surface area contributed by atoms with Crippen LogP contribution in [0.5, 0.6) is 0 Å². The summed E-state index contributed by atoms with van der Waals surface area (Å²) in [7, 11) is 0. The molecule has 1 unspecified atom stereocenters. The molecule has 0 saturated heterocycles. The summed E-state index contributed by atoms with van der Waals surface area (Å²) < 4.78 is 6.93. The van der Waals surface area contributed by atoms with E-state index in [0.29, 0.717) is 12.2 Å². The monoisotopic (exact) mass is 385 g/mol. The van der Waals surface area contributed by atoms with Gasteiger partial charge >= 0.3 is 5.97 Å². The quantitative estimate of drug-likeness (QED) is 0.669. The molecule has 1 heterocycles. The number of nitrogens with zero attached hydrogens (tertiary/aromatic N) is 2. The predicted octanol–water partition coefficient (Wildman–Crippen LogP) is 2.34. The Bertz CT molecular complexity index is 917. The van der Waals surface area contributed by atoms with E-state index in [2.05, 4.69) is 17.2 Å². The highest BCUT2D eigenvalue weighted by Crippen LogP contribution is 2.19. The summed E-state index contributed by atoms with van der Waals surface area (Å²) in [5.74, 6) is -0.783. The molecule has 3 rings (SSSR count). The first-order valence-corrected chi connectivity index (χ1v) is 9.98. The first-order valence-electron chi connectivity index (χ1n) is 9.98. The molecule has 2 aromatic rings. The number of hydrogen-bond acceptors (Lipinski definition) is 5. The maximum absolute atomic E-state index is 12.8. The minimum absolute atomic E-state index is 0.00933. The zero-order chi connectivity index (χ0) is 20.1. The van der Waals surface area contributed by atoms with Crippen LogP contribution in [0.25, 0.3) is 11.0 Å². The van der Waals surface area contributed by atoms with Gasteiger partial charge in [-0.1, -0.05) is 25.5 Å². The Morgan fingerprint density at radius 2 is 2.07 bits per heavy atom. The van der Waals surface area contributed by atoms with Gasteiger partial charge < -0.3 is 14.6 Å². The Hall–Kier alpha value is -2.70. The second-order valence-corrected chi connectivity index (χ2v) is 7.27. The van der Waals surface area contributed by atoms with E-state index in [9.17, 15) is 14.4 Å². The molecule has 28 heavy (non-hydrogen) atoms. The summed E-state index contributed by atoms with van der Waals surface area (Å²) in [5, 5.41) is 2.81. The van der Waals surface area contributed by atoms with Crippen molar-refractivity contribution >= 4 is 22.9 Å². The smallest absolute Gasteiger partial charge is 0.306 e. The van der Waals surface area contributed by atoms with Crippen LogP contribution in [0.4, 0.5) is 0 Å². The van der Waals surface area contributed by atoms with Crippen molar-refractivity contribution in [2.24, 2.45) is 0 Å². The molecule has 1 fully saturated rings. The van der Waals surface area contributed by atoms with Gasteiger partial charge in [-0.25, -0.2) is 4.98 Å². The minimum Gasteiger partial charge on any atom is -0.453 e. The molecule has 150 valence electrons. The predicted molar refractivity (Wildman–Crippen MR) is 106 cm³/mol. The molecule has 0 bridgehead atoms. The molecule has 0 spiro atoms. The van der Waals surface area contributed by atoms with E-state index < -0.39 is 12.1 Å². The van der Waals surface area contributed by atoms with Crippen LogP contribution in [-0.4, -0.2) is 33.6 Å². The second-order valence-electron chi connectivity index (χ2n) is 7.27. The van der Waals surface area contributed by atoms with Crippen LogP contribution in [0.15, 0.2) is 29.1 Å². The first kappa shape index (κ1) is 20.0. The summed E-state index contributed by atoms with van der Waals surface area (Å²) in [4.78, 5) is 41.3. The maximum atomic E-state index is 12.8. The molecule has 1 atom stereocenters. The van der Waals surface area contributed by atoms with E-state index in [4.69, 9.17) is 4.74 Å². The lowest BCUT2D eigenvalue weighted by Gasteiger charge is -2.14. The number of ether oxygens (including phenoxy) is 1. The molecule has 1 aromatic heterocycles. The lowest BCUT2D eigenvalue weighted by Crippen LogP contribution is -2.37. The Kier molecular flexibility index (Phi) is 6.44. The standard InChI is InChI=1S/C21H27N3O4/c1-3-4-13-24-18-8-6-5-7-16(18)23-17(21(24)27)11-12-19(25)28-14(2)20(26)22-15-9-10-15/h5-8,14-15H,3-4,9-13H2,1-2H3,(H,22,26). The Balaban J connectivity index is 1.67. The number of benzene rings is 1. The highest BCUT2D eigenvalue weighted by Gasteiger charge is 2.27. The number of rotatable bonds is 9. The molecule has 7 heteroatoms. The first-order chi connectivity index (χ1) is 13.5. The molecular weight excluding hydrogens is 358 g/mol. The number of carbonyl (C=O) groups is 2. The lowest BCUT2D eigenvalue weighted by atomic mass is 10.2. The molecule has 1 aliphatic carbocycles. The maximum Gasteiger partial charge on any atom is 0.306 e. The fraction of sp³-hybridized carbons (Fsp3) is 0.524. The van der Waals surface area contributed by atoms with Crippen LogP contribution < -0.4 is 10.9 Å². The molecule has 1 aliphatic rings. The van der Waals surface area contributed by atoms with Crippen molar-refractivity contribution in [2.45, 2.75) is 71.1 Å². The minimum atomic E-state index is -0.834. The van der Waals surface area contributed by atoms with E-state index in [1.165, 1.54) is 0 Å². The van der Waals surface area contributed by atoms with Crippen LogP contribution in [0.3, 0.4) is 0 Å². The van der Waals surface area contributed by atoms with Gasteiger partial charge in [0.2, 0.25) is 0 Å². The highest BCUT2D eigenvalue weighted by molar-refractivity contribution is 5.83. The van der Waals surface area contributed by atoms with Crippen molar-refractivity contribution < 1.29 is 14.3 Å². The van der Waals surface area contributed by atoms with Crippen LogP contribution in [0.1, 0.15) is 51.6 Å². The van der Waals surface area contributed by atoms with Gasteiger partial charge in [0.05, 0.1) is 17.5 Å². The van der Waals surface area contributed by atoms with Gasteiger partial charge in [0, 0.05) is 19.0 Å². The van der Waals surface area contributed by atoms with Crippen LogP contribution in [-0.2, 0) is 27.3 Å². The van der Waals surface area contributed by atoms with Gasteiger partial charge in [-0.15, -0.1) is 0 Å². The molecule has 1 aromatic carbocycles. The fourth-order valence-electron chi connectivity index (χ4n) is 3.02.